The minimum absolute atomic E-state index is 0.00745. The molecular formula is C9H13NO2S. The highest BCUT2D eigenvalue weighted by molar-refractivity contribution is 7.91. The summed E-state index contributed by atoms with van der Waals surface area (Å²) in [5, 5.41) is 2.80. The van der Waals surface area contributed by atoms with E-state index in [0.717, 1.165) is 0 Å². The molecule has 3 nitrogen and oxygen atoms in total. The highest BCUT2D eigenvalue weighted by atomic mass is 32.2. The van der Waals surface area contributed by atoms with Crippen molar-refractivity contribution in [3.8, 4) is 0 Å². The lowest BCUT2D eigenvalue weighted by Crippen LogP contribution is -2.22. The van der Waals surface area contributed by atoms with Crippen LogP contribution in [0.4, 0.5) is 0 Å². The van der Waals surface area contributed by atoms with Gasteiger partial charge in [0.1, 0.15) is 5.88 Å². The molecular weight excluding hydrogens is 186 g/mol. The standard InChI is InChI=1S/C9H13NO2S/c1-2-10-8-13(11,12)9-6-4-3-5-7-9/h3-7,10H,2,8H2,1H3. The molecule has 13 heavy (non-hydrogen) atoms. The molecule has 72 valence electrons. The lowest BCUT2D eigenvalue weighted by molar-refractivity contribution is 0.588. The molecule has 0 saturated carbocycles. The molecule has 0 spiro atoms. The molecule has 0 fully saturated rings. The molecule has 1 N–H and O–H groups in total. The Labute approximate surface area is 78.7 Å². The van der Waals surface area contributed by atoms with E-state index in [0.29, 0.717) is 11.4 Å². The van der Waals surface area contributed by atoms with E-state index in [2.05, 4.69) is 5.32 Å². The summed E-state index contributed by atoms with van der Waals surface area (Å²) in [6, 6.07) is 8.45. The third-order valence-corrected chi connectivity index (χ3v) is 3.22. The van der Waals surface area contributed by atoms with Gasteiger partial charge in [-0.05, 0) is 18.7 Å². The summed E-state index contributed by atoms with van der Waals surface area (Å²) in [5.74, 6) is 0.00745. The summed E-state index contributed by atoms with van der Waals surface area (Å²) in [6.07, 6.45) is 0. The van der Waals surface area contributed by atoms with Gasteiger partial charge in [0.2, 0.25) is 0 Å². The molecule has 0 bridgehead atoms. The number of sulfone groups is 1. The van der Waals surface area contributed by atoms with Crippen LogP contribution in [0.3, 0.4) is 0 Å². The topological polar surface area (TPSA) is 46.2 Å². The third kappa shape index (κ3) is 2.82. The summed E-state index contributed by atoms with van der Waals surface area (Å²) in [5.41, 5.74) is 0. The van der Waals surface area contributed by atoms with Gasteiger partial charge >= 0.3 is 0 Å². The van der Waals surface area contributed by atoms with Gasteiger partial charge in [0.25, 0.3) is 0 Å². The first-order chi connectivity index (χ1) is 6.17. The molecule has 0 saturated heterocycles. The second kappa shape index (κ2) is 4.39. The van der Waals surface area contributed by atoms with Crippen molar-refractivity contribution in [1.29, 1.82) is 0 Å². The Balaban J connectivity index is 2.83. The monoisotopic (exact) mass is 199 g/mol. The van der Waals surface area contributed by atoms with Crippen LogP contribution in [0.5, 0.6) is 0 Å². The van der Waals surface area contributed by atoms with Crippen molar-refractivity contribution >= 4 is 9.84 Å². The maximum atomic E-state index is 11.5. The molecule has 0 heterocycles. The maximum Gasteiger partial charge on any atom is 0.191 e. The van der Waals surface area contributed by atoms with Crippen LogP contribution in [-0.2, 0) is 9.84 Å². The van der Waals surface area contributed by atoms with Crippen LogP contribution in [0.25, 0.3) is 0 Å². The third-order valence-electron chi connectivity index (χ3n) is 1.64. The number of nitrogens with one attached hydrogen (secondary N) is 1. The first-order valence-corrected chi connectivity index (χ1v) is 5.80. The minimum atomic E-state index is -3.13. The fraction of sp³-hybridized carbons (Fsp3) is 0.333. The number of hydrogen-bond acceptors (Lipinski definition) is 3. The lowest BCUT2D eigenvalue weighted by atomic mass is 10.4. The zero-order valence-corrected chi connectivity index (χ0v) is 8.34. The second-order valence-electron chi connectivity index (χ2n) is 2.68. The molecule has 1 aromatic carbocycles. The van der Waals surface area contributed by atoms with Gasteiger partial charge in [-0.1, -0.05) is 25.1 Å². The fourth-order valence-corrected chi connectivity index (χ4v) is 2.16. The number of benzene rings is 1. The van der Waals surface area contributed by atoms with Crippen molar-refractivity contribution in [3.05, 3.63) is 30.3 Å². The molecule has 1 rings (SSSR count). The Morgan fingerprint density at radius 2 is 1.85 bits per heavy atom. The summed E-state index contributed by atoms with van der Waals surface area (Å²) < 4.78 is 23.1. The van der Waals surface area contributed by atoms with Crippen molar-refractivity contribution < 1.29 is 8.42 Å². The zero-order valence-electron chi connectivity index (χ0n) is 7.53. The van der Waals surface area contributed by atoms with Crippen molar-refractivity contribution in [2.24, 2.45) is 0 Å². The molecule has 0 radical (unpaired) electrons. The number of hydrogen-bond donors (Lipinski definition) is 1. The van der Waals surface area contributed by atoms with Crippen LogP contribution in [0.15, 0.2) is 35.2 Å². The van der Waals surface area contributed by atoms with Crippen LogP contribution in [0.2, 0.25) is 0 Å². The highest BCUT2D eigenvalue weighted by Crippen LogP contribution is 2.08. The largest absolute Gasteiger partial charge is 0.304 e. The predicted octanol–water partition coefficient (Wildman–Crippen LogP) is 1.03. The highest BCUT2D eigenvalue weighted by Gasteiger charge is 2.11. The first kappa shape index (κ1) is 10.2. The van der Waals surface area contributed by atoms with Gasteiger partial charge in [-0.25, -0.2) is 8.42 Å². The van der Waals surface area contributed by atoms with Crippen molar-refractivity contribution in [1.82, 2.24) is 5.32 Å². The van der Waals surface area contributed by atoms with Gasteiger partial charge < -0.3 is 5.32 Å². The zero-order chi connectivity index (χ0) is 9.73. The van der Waals surface area contributed by atoms with Gasteiger partial charge in [0.05, 0.1) is 4.90 Å². The van der Waals surface area contributed by atoms with E-state index in [1.165, 1.54) is 0 Å². The van der Waals surface area contributed by atoms with Gasteiger partial charge in [-0.15, -0.1) is 0 Å². The normalized spacial score (nSPS) is 11.5. The SMILES string of the molecule is CCNCS(=O)(=O)c1ccccc1. The van der Waals surface area contributed by atoms with Crippen LogP contribution in [0, 0.1) is 0 Å². The predicted molar refractivity (Wildman–Crippen MR) is 52.2 cm³/mol. The van der Waals surface area contributed by atoms with Crippen LogP contribution in [-0.4, -0.2) is 20.8 Å². The Hall–Kier alpha value is -0.870. The van der Waals surface area contributed by atoms with Crippen LogP contribution < -0.4 is 5.32 Å². The molecule has 4 heteroatoms. The molecule has 0 atom stereocenters. The van der Waals surface area contributed by atoms with E-state index in [9.17, 15) is 8.42 Å². The summed E-state index contributed by atoms with van der Waals surface area (Å²) in [7, 11) is -3.13. The van der Waals surface area contributed by atoms with E-state index < -0.39 is 9.84 Å². The summed E-state index contributed by atoms with van der Waals surface area (Å²) in [4.78, 5) is 0.371. The smallest absolute Gasteiger partial charge is 0.191 e. The molecule has 1 aromatic rings. The Morgan fingerprint density at radius 3 is 2.38 bits per heavy atom. The van der Waals surface area contributed by atoms with E-state index in [4.69, 9.17) is 0 Å². The van der Waals surface area contributed by atoms with Crippen molar-refractivity contribution in [2.75, 3.05) is 12.4 Å². The van der Waals surface area contributed by atoms with Gasteiger partial charge in [-0.2, -0.15) is 0 Å². The first-order valence-electron chi connectivity index (χ1n) is 4.15. The number of rotatable bonds is 4. The van der Waals surface area contributed by atoms with Crippen LogP contribution >= 0.6 is 0 Å². The average molecular weight is 199 g/mol. The molecule has 0 amide bonds. The van der Waals surface area contributed by atoms with Crippen molar-refractivity contribution in [2.45, 2.75) is 11.8 Å². The van der Waals surface area contributed by atoms with Gasteiger partial charge in [-0.3, -0.25) is 0 Å². The van der Waals surface area contributed by atoms with E-state index in [1.54, 1.807) is 30.3 Å². The maximum absolute atomic E-state index is 11.5. The quantitative estimate of drug-likeness (QED) is 0.787. The summed E-state index contributed by atoms with van der Waals surface area (Å²) >= 11 is 0. The molecule has 0 aromatic heterocycles. The summed E-state index contributed by atoms with van der Waals surface area (Å²) in [6.45, 7) is 2.53. The van der Waals surface area contributed by atoms with Gasteiger partial charge in [0, 0.05) is 0 Å². The fourth-order valence-electron chi connectivity index (χ4n) is 0.948. The molecule has 0 aliphatic heterocycles. The van der Waals surface area contributed by atoms with Crippen molar-refractivity contribution in [3.63, 3.8) is 0 Å². The Bertz CT molecular complexity index is 345. The lowest BCUT2D eigenvalue weighted by Gasteiger charge is -2.03. The molecule has 0 aliphatic carbocycles. The van der Waals surface area contributed by atoms with E-state index in [-0.39, 0.29) is 5.88 Å². The van der Waals surface area contributed by atoms with Crippen LogP contribution in [0.1, 0.15) is 6.92 Å². The average Bonchev–Trinajstić information content (AvgIpc) is 2.16. The Kier molecular flexibility index (Phi) is 3.45. The Morgan fingerprint density at radius 1 is 1.23 bits per heavy atom. The minimum Gasteiger partial charge on any atom is -0.304 e. The second-order valence-corrected chi connectivity index (χ2v) is 4.67. The molecule has 0 unspecified atom stereocenters. The van der Waals surface area contributed by atoms with Gasteiger partial charge in [0.15, 0.2) is 9.84 Å². The van der Waals surface area contributed by atoms with E-state index >= 15 is 0 Å². The van der Waals surface area contributed by atoms with E-state index in [1.807, 2.05) is 6.92 Å². The molecule has 0 aliphatic rings.